The summed E-state index contributed by atoms with van der Waals surface area (Å²) in [5.74, 6) is -0.171. The first kappa shape index (κ1) is 19.6. The molecule has 10 heteroatoms. The monoisotopic (exact) mass is 406 g/mol. The average molecular weight is 406 g/mol. The molecule has 0 aliphatic carbocycles. The quantitative estimate of drug-likeness (QED) is 0.573. The minimum Gasteiger partial charge on any atom is -0.486 e. The number of sulfone groups is 1. The van der Waals surface area contributed by atoms with Gasteiger partial charge >= 0.3 is 0 Å². The number of benzene rings is 2. The van der Waals surface area contributed by atoms with Crippen molar-refractivity contribution in [1.29, 1.82) is 0 Å². The second-order valence-corrected chi connectivity index (χ2v) is 8.48. The predicted molar refractivity (Wildman–Crippen MR) is 100 cm³/mol. The fourth-order valence-corrected chi connectivity index (χ4v) is 3.54. The molecule has 9 nitrogen and oxygen atoms in total. The fourth-order valence-electron chi connectivity index (χ4n) is 2.74. The molecule has 3 rings (SSSR count). The van der Waals surface area contributed by atoms with Gasteiger partial charge in [0, 0.05) is 18.9 Å². The first-order valence-electron chi connectivity index (χ1n) is 8.35. The largest absolute Gasteiger partial charge is 0.486 e. The van der Waals surface area contributed by atoms with Gasteiger partial charge in [-0.05, 0) is 11.1 Å². The number of ether oxygens (including phenoxy) is 2. The number of fused-ring (bicyclic) bond motifs is 1. The van der Waals surface area contributed by atoms with Gasteiger partial charge in [0.05, 0.1) is 16.7 Å². The van der Waals surface area contributed by atoms with E-state index < -0.39 is 20.7 Å². The van der Waals surface area contributed by atoms with E-state index in [-0.39, 0.29) is 41.7 Å². The van der Waals surface area contributed by atoms with Crippen LogP contribution in [0.15, 0.2) is 36.4 Å². The Bertz CT molecular complexity index is 1020. The third-order valence-corrected chi connectivity index (χ3v) is 4.86. The van der Waals surface area contributed by atoms with Gasteiger partial charge in [0.1, 0.15) is 18.8 Å². The SMILES string of the molecule is CS(=O)(=O)Cc1ccc(CNC(=O)c2cc3c(cc2[N+](=O)[O-])OCCO3)cc1. The predicted octanol–water partition coefficient (Wildman–Crippen LogP) is 1.84. The number of hydrogen-bond acceptors (Lipinski definition) is 7. The molecule has 0 saturated heterocycles. The van der Waals surface area contributed by atoms with Crippen LogP contribution < -0.4 is 14.8 Å². The van der Waals surface area contributed by atoms with Crippen LogP contribution in [0.5, 0.6) is 11.5 Å². The molecule has 0 radical (unpaired) electrons. The Kier molecular flexibility index (Phi) is 5.50. The van der Waals surface area contributed by atoms with Crippen LogP contribution >= 0.6 is 0 Å². The Labute approximate surface area is 161 Å². The standard InChI is InChI=1S/C18H18N2O7S/c1-28(24,25)11-13-4-2-12(3-5-13)10-19-18(21)14-8-16-17(27-7-6-26-16)9-15(14)20(22)23/h2-5,8-9H,6-7,10-11H2,1H3,(H,19,21). The lowest BCUT2D eigenvalue weighted by molar-refractivity contribution is -0.385. The molecular weight excluding hydrogens is 388 g/mol. The second-order valence-electron chi connectivity index (χ2n) is 6.34. The van der Waals surface area contributed by atoms with E-state index in [0.29, 0.717) is 12.2 Å². The summed E-state index contributed by atoms with van der Waals surface area (Å²) in [5.41, 5.74) is 0.874. The Morgan fingerprint density at radius 1 is 1.11 bits per heavy atom. The molecule has 0 aromatic heterocycles. The first-order valence-corrected chi connectivity index (χ1v) is 10.4. The molecule has 2 aromatic rings. The van der Waals surface area contributed by atoms with E-state index >= 15 is 0 Å². The number of nitrogens with zero attached hydrogens (tertiary/aromatic N) is 1. The van der Waals surface area contributed by atoms with Crippen molar-refractivity contribution in [2.45, 2.75) is 12.3 Å². The summed E-state index contributed by atoms with van der Waals surface area (Å²) in [6.07, 6.45) is 1.15. The van der Waals surface area contributed by atoms with Crippen molar-refractivity contribution in [3.05, 3.63) is 63.2 Å². The third kappa shape index (κ3) is 4.77. The van der Waals surface area contributed by atoms with E-state index in [1.807, 2.05) is 0 Å². The van der Waals surface area contributed by atoms with Crippen molar-refractivity contribution in [1.82, 2.24) is 5.32 Å². The number of amides is 1. The average Bonchev–Trinajstić information content (AvgIpc) is 2.65. The molecule has 0 spiro atoms. The summed E-state index contributed by atoms with van der Waals surface area (Å²) in [6, 6.07) is 9.20. The molecule has 0 fully saturated rings. The Hall–Kier alpha value is -3.14. The summed E-state index contributed by atoms with van der Waals surface area (Å²) in [5, 5.41) is 13.9. The normalized spacial score (nSPS) is 13.0. The van der Waals surface area contributed by atoms with E-state index in [4.69, 9.17) is 9.47 Å². The van der Waals surface area contributed by atoms with Gasteiger partial charge in [-0.25, -0.2) is 8.42 Å². The second kappa shape index (κ2) is 7.85. The van der Waals surface area contributed by atoms with E-state index in [9.17, 15) is 23.3 Å². The molecular formula is C18H18N2O7S. The number of hydrogen-bond donors (Lipinski definition) is 1. The summed E-state index contributed by atoms with van der Waals surface area (Å²) >= 11 is 0. The van der Waals surface area contributed by atoms with Gasteiger partial charge in [-0.15, -0.1) is 0 Å². The zero-order chi connectivity index (χ0) is 20.3. The molecule has 1 aliphatic heterocycles. The lowest BCUT2D eigenvalue weighted by Gasteiger charge is -2.18. The molecule has 0 atom stereocenters. The topological polar surface area (TPSA) is 125 Å². The van der Waals surface area contributed by atoms with Crippen LogP contribution in [0.3, 0.4) is 0 Å². The smallest absolute Gasteiger partial charge is 0.286 e. The molecule has 0 bridgehead atoms. The minimum atomic E-state index is -3.13. The maximum atomic E-state index is 12.5. The number of carbonyl (C=O) groups is 1. The number of nitro groups is 1. The highest BCUT2D eigenvalue weighted by Gasteiger charge is 2.26. The van der Waals surface area contributed by atoms with Crippen LogP contribution in [0, 0.1) is 10.1 Å². The van der Waals surface area contributed by atoms with Gasteiger partial charge in [0.15, 0.2) is 21.3 Å². The van der Waals surface area contributed by atoms with Crippen molar-refractivity contribution < 1.29 is 27.6 Å². The Morgan fingerprint density at radius 2 is 1.68 bits per heavy atom. The Morgan fingerprint density at radius 3 is 2.25 bits per heavy atom. The van der Waals surface area contributed by atoms with Gasteiger partial charge < -0.3 is 14.8 Å². The molecule has 1 heterocycles. The van der Waals surface area contributed by atoms with Crippen LogP contribution in [-0.4, -0.2) is 38.7 Å². The Balaban J connectivity index is 1.73. The van der Waals surface area contributed by atoms with Crippen molar-refractivity contribution in [3.8, 4) is 11.5 Å². The lowest BCUT2D eigenvalue weighted by atomic mass is 10.1. The van der Waals surface area contributed by atoms with Crippen LogP contribution in [0.2, 0.25) is 0 Å². The van der Waals surface area contributed by atoms with Crippen molar-refractivity contribution in [2.24, 2.45) is 0 Å². The highest BCUT2D eigenvalue weighted by atomic mass is 32.2. The fraction of sp³-hybridized carbons (Fsp3) is 0.278. The minimum absolute atomic E-state index is 0.0664. The van der Waals surface area contributed by atoms with E-state index in [1.54, 1.807) is 24.3 Å². The zero-order valence-corrected chi connectivity index (χ0v) is 15.8. The highest BCUT2D eigenvalue weighted by molar-refractivity contribution is 7.89. The summed E-state index contributed by atoms with van der Waals surface area (Å²) < 4.78 is 33.3. The van der Waals surface area contributed by atoms with Gasteiger partial charge in [0.25, 0.3) is 11.6 Å². The van der Waals surface area contributed by atoms with Gasteiger partial charge in [-0.3, -0.25) is 14.9 Å². The van der Waals surface area contributed by atoms with Crippen molar-refractivity contribution >= 4 is 21.4 Å². The van der Waals surface area contributed by atoms with Gasteiger partial charge in [-0.2, -0.15) is 0 Å². The summed E-state index contributed by atoms with van der Waals surface area (Å²) in [7, 11) is -3.13. The molecule has 28 heavy (non-hydrogen) atoms. The summed E-state index contributed by atoms with van der Waals surface area (Å²) in [4.78, 5) is 23.2. The number of rotatable bonds is 6. The van der Waals surface area contributed by atoms with Crippen LogP contribution in [0.4, 0.5) is 5.69 Å². The first-order chi connectivity index (χ1) is 13.2. The zero-order valence-electron chi connectivity index (χ0n) is 15.0. The van der Waals surface area contributed by atoms with Gasteiger partial charge in [-0.1, -0.05) is 24.3 Å². The molecule has 1 amide bonds. The van der Waals surface area contributed by atoms with Gasteiger partial charge in [0.2, 0.25) is 0 Å². The van der Waals surface area contributed by atoms with Crippen LogP contribution in [0.25, 0.3) is 0 Å². The number of nitrogens with one attached hydrogen (secondary N) is 1. The molecule has 2 aromatic carbocycles. The molecule has 148 valence electrons. The molecule has 1 N–H and O–H groups in total. The maximum Gasteiger partial charge on any atom is 0.286 e. The van der Waals surface area contributed by atoms with Crippen molar-refractivity contribution in [3.63, 3.8) is 0 Å². The van der Waals surface area contributed by atoms with Crippen molar-refractivity contribution in [2.75, 3.05) is 19.5 Å². The number of carbonyl (C=O) groups excluding carboxylic acids is 1. The van der Waals surface area contributed by atoms with E-state index in [1.165, 1.54) is 12.1 Å². The summed E-state index contributed by atoms with van der Waals surface area (Å²) in [6.45, 7) is 0.709. The molecule has 1 aliphatic rings. The maximum absolute atomic E-state index is 12.5. The van der Waals surface area contributed by atoms with Crippen LogP contribution in [-0.2, 0) is 22.1 Å². The molecule has 0 saturated carbocycles. The molecule has 0 unspecified atom stereocenters. The van der Waals surface area contributed by atoms with Crippen LogP contribution in [0.1, 0.15) is 21.5 Å². The highest BCUT2D eigenvalue weighted by Crippen LogP contribution is 2.36. The van der Waals surface area contributed by atoms with E-state index in [2.05, 4.69) is 5.32 Å². The third-order valence-electron chi connectivity index (χ3n) is 4.01. The number of nitro benzene ring substituents is 1. The van der Waals surface area contributed by atoms with E-state index in [0.717, 1.165) is 11.8 Å². The lowest BCUT2D eigenvalue weighted by Crippen LogP contribution is -2.24.